The number of hydrogen-bond acceptors (Lipinski definition) is 2. The van der Waals surface area contributed by atoms with Crippen molar-refractivity contribution in [3.63, 3.8) is 0 Å². The summed E-state index contributed by atoms with van der Waals surface area (Å²) in [5.41, 5.74) is 1.75. The standard InChI is InChI=1S/C16H13ClN2O/c1-11(12-5-3-2-4-6-12)16(20)19-15-9-14(17)8-7-13(15)10-18/h2-9,11H,1H3,(H,19,20). The van der Waals surface area contributed by atoms with E-state index in [0.717, 1.165) is 5.56 Å². The number of nitrogens with one attached hydrogen (secondary N) is 1. The third kappa shape index (κ3) is 3.17. The Labute approximate surface area is 122 Å². The molecular formula is C16H13ClN2O. The fraction of sp³-hybridized carbons (Fsp3) is 0.125. The van der Waals surface area contributed by atoms with Crippen LogP contribution in [0.4, 0.5) is 5.69 Å². The van der Waals surface area contributed by atoms with E-state index in [1.54, 1.807) is 18.2 Å². The second kappa shape index (κ2) is 6.23. The van der Waals surface area contributed by atoms with Gasteiger partial charge in [0.1, 0.15) is 6.07 Å². The van der Waals surface area contributed by atoms with Crippen LogP contribution < -0.4 is 5.32 Å². The molecule has 1 unspecified atom stereocenters. The van der Waals surface area contributed by atoms with Crippen LogP contribution in [0.1, 0.15) is 24.0 Å². The van der Waals surface area contributed by atoms with Gasteiger partial charge >= 0.3 is 0 Å². The predicted molar refractivity (Wildman–Crippen MR) is 79.7 cm³/mol. The van der Waals surface area contributed by atoms with Gasteiger partial charge in [0.25, 0.3) is 0 Å². The Morgan fingerprint density at radius 1 is 1.25 bits per heavy atom. The molecule has 20 heavy (non-hydrogen) atoms. The van der Waals surface area contributed by atoms with Crippen LogP contribution in [-0.2, 0) is 4.79 Å². The number of rotatable bonds is 3. The number of carbonyl (C=O) groups excluding carboxylic acids is 1. The molecule has 100 valence electrons. The first kappa shape index (κ1) is 14.1. The van der Waals surface area contributed by atoms with Crippen molar-refractivity contribution in [2.24, 2.45) is 0 Å². The Hall–Kier alpha value is -2.31. The molecule has 0 fully saturated rings. The Morgan fingerprint density at radius 2 is 1.95 bits per heavy atom. The Morgan fingerprint density at radius 3 is 2.60 bits per heavy atom. The molecule has 0 saturated carbocycles. The van der Waals surface area contributed by atoms with E-state index in [9.17, 15) is 4.79 Å². The summed E-state index contributed by atoms with van der Waals surface area (Å²) >= 11 is 5.89. The van der Waals surface area contributed by atoms with Crippen LogP contribution in [0.5, 0.6) is 0 Å². The first-order chi connectivity index (χ1) is 9.61. The Bertz CT molecular complexity index is 662. The van der Waals surface area contributed by atoms with Gasteiger partial charge in [0.05, 0.1) is 17.2 Å². The Balaban J connectivity index is 2.20. The minimum absolute atomic E-state index is 0.171. The van der Waals surface area contributed by atoms with Gasteiger partial charge in [-0.2, -0.15) is 5.26 Å². The maximum absolute atomic E-state index is 12.2. The van der Waals surface area contributed by atoms with Crippen molar-refractivity contribution in [2.45, 2.75) is 12.8 Å². The second-order valence-corrected chi connectivity index (χ2v) is 4.86. The summed E-state index contributed by atoms with van der Waals surface area (Å²) in [6, 6.07) is 16.3. The van der Waals surface area contributed by atoms with E-state index in [4.69, 9.17) is 16.9 Å². The van der Waals surface area contributed by atoms with Gasteiger partial charge in [-0.05, 0) is 30.7 Å². The van der Waals surface area contributed by atoms with Crippen LogP contribution in [0.15, 0.2) is 48.5 Å². The fourth-order valence-electron chi connectivity index (χ4n) is 1.85. The van der Waals surface area contributed by atoms with E-state index < -0.39 is 0 Å². The van der Waals surface area contributed by atoms with E-state index >= 15 is 0 Å². The molecule has 0 radical (unpaired) electrons. The van der Waals surface area contributed by atoms with Crippen molar-refractivity contribution in [3.05, 3.63) is 64.7 Å². The highest BCUT2D eigenvalue weighted by atomic mass is 35.5. The number of halogens is 1. The van der Waals surface area contributed by atoms with Crippen LogP contribution in [0, 0.1) is 11.3 Å². The first-order valence-corrected chi connectivity index (χ1v) is 6.55. The molecule has 4 heteroatoms. The van der Waals surface area contributed by atoms with Crippen LogP contribution >= 0.6 is 11.6 Å². The Kier molecular flexibility index (Phi) is 4.39. The number of anilines is 1. The minimum atomic E-state index is -0.304. The summed E-state index contributed by atoms with van der Waals surface area (Å²) in [6.07, 6.45) is 0. The van der Waals surface area contributed by atoms with Crippen molar-refractivity contribution in [1.82, 2.24) is 0 Å². The molecule has 2 aromatic carbocycles. The van der Waals surface area contributed by atoms with Gasteiger partial charge in [0.2, 0.25) is 5.91 Å². The molecular weight excluding hydrogens is 272 g/mol. The molecule has 1 atom stereocenters. The molecule has 0 aromatic heterocycles. The molecule has 0 saturated heterocycles. The largest absolute Gasteiger partial charge is 0.324 e. The highest BCUT2D eigenvalue weighted by molar-refractivity contribution is 6.31. The quantitative estimate of drug-likeness (QED) is 0.928. The van der Waals surface area contributed by atoms with Gasteiger partial charge < -0.3 is 5.32 Å². The molecule has 3 nitrogen and oxygen atoms in total. The van der Waals surface area contributed by atoms with E-state index in [1.165, 1.54) is 0 Å². The molecule has 1 amide bonds. The highest BCUT2D eigenvalue weighted by Crippen LogP contribution is 2.23. The maximum Gasteiger partial charge on any atom is 0.231 e. The molecule has 0 spiro atoms. The van der Waals surface area contributed by atoms with Crippen LogP contribution in [0.25, 0.3) is 0 Å². The first-order valence-electron chi connectivity index (χ1n) is 6.17. The van der Waals surface area contributed by atoms with E-state index in [-0.39, 0.29) is 11.8 Å². The van der Waals surface area contributed by atoms with Gasteiger partial charge in [-0.25, -0.2) is 0 Å². The SMILES string of the molecule is CC(C(=O)Nc1cc(Cl)ccc1C#N)c1ccccc1. The van der Waals surface area contributed by atoms with E-state index in [2.05, 4.69) is 5.32 Å². The van der Waals surface area contributed by atoms with Gasteiger partial charge in [-0.3, -0.25) is 4.79 Å². The number of benzene rings is 2. The third-order valence-corrected chi connectivity index (χ3v) is 3.29. The van der Waals surface area contributed by atoms with Crippen LogP contribution in [0.3, 0.4) is 0 Å². The number of carbonyl (C=O) groups is 1. The van der Waals surface area contributed by atoms with Crippen molar-refractivity contribution >= 4 is 23.2 Å². The normalized spacial score (nSPS) is 11.4. The fourth-order valence-corrected chi connectivity index (χ4v) is 2.02. The number of nitriles is 1. The highest BCUT2D eigenvalue weighted by Gasteiger charge is 2.16. The lowest BCUT2D eigenvalue weighted by atomic mass is 10.0. The summed E-state index contributed by atoms with van der Waals surface area (Å²) in [5, 5.41) is 12.3. The number of amides is 1. The third-order valence-electron chi connectivity index (χ3n) is 3.05. The van der Waals surface area contributed by atoms with E-state index in [1.807, 2.05) is 43.3 Å². The minimum Gasteiger partial charge on any atom is -0.324 e. The molecule has 0 bridgehead atoms. The molecule has 0 aliphatic heterocycles. The van der Waals surface area contributed by atoms with Crippen molar-refractivity contribution in [3.8, 4) is 6.07 Å². The lowest BCUT2D eigenvalue weighted by molar-refractivity contribution is -0.117. The number of nitrogens with zero attached hydrogens (tertiary/aromatic N) is 1. The monoisotopic (exact) mass is 284 g/mol. The van der Waals surface area contributed by atoms with Crippen LogP contribution in [-0.4, -0.2) is 5.91 Å². The van der Waals surface area contributed by atoms with Gasteiger partial charge in [0.15, 0.2) is 0 Å². The van der Waals surface area contributed by atoms with Gasteiger partial charge in [0, 0.05) is 5.02 Å². The second-order valence-electron chi connectivity index (χ2n) is 4.42. The summed E-state index contributed by atoms with van der Waals surface area (Å²) in [5.74, 6) is -0.475. The molecule has 2 aromatic rings. The number of hydrogen-bond donors (Lipinski definition) is 1. The summed E-state index contributed by atoms with van der Waals surface area (Å²) in [6.45, 7) is 1.82. The zero-order valence-electron chi connectivity index (χ0n) is 10.9. The molecule has 0 aliphatic carbocycles. The summed E-state index contributed by atoms with van der Waals surface area (Å²) in [7, 11) is 0. The average molecular weight is 285 g/mol. The van der Waals surface area contributed by atoms with Gasteiger partial charge in [-0.15, -0.1) is 0 Å². The van der Waals surface area contributed by atoms with Crippen molar-refractivity contribution in [2.75, 3.05) is 5.32 Å². The van der Waals surface area contributed by atoms with E-state index in [0.29, 0.717) is 16.3 Å². The zero-order valence-corrected chi connectivity index (χ0v) is 11.7. The van der Waals surface area contributed by atoms with Crippen LogP contribution in [0.2, 0.25) is 5.02 Å². The topological polar surface area (TPSA) is 52.9 Å². The van der Waals surface area contributed by atoms with Crippen molar-refractivity contribution in [1.29, 1.82) is 5.26 Å². The van der Waals surface area contributed by atoms with Crippen molar-refractivity contribution < 1.29 is 4.79 Å². The lowest BCUT2D eigenvalue weighted by Gasteiger charge is -2.13. The molecule has 0 aliphatic rings. The summed E-state index contributed by atoms with van der Waals surface area (Å²) < 4.78 is 0. The summed E-state index contributed by atoms with van der Waals surface area (Å²) in [4.78, 5) is 12.2. The average Bonchev–Trinajstić information content (AvgIpc) is 2.47. The van der Waals surface area contributed by atoms with Gasteiger partial charge in [-0.1, -0.05) is 41.9 Å². The maximum atomic E-state index is 12.2. The predicted octanol–water partition coefficient (Wildman–Crippen LogP) is 3.95. The smallest absolute Gasteiger partial charge is 0.231 e. The molecule has 1 N–H and O–H groups in total. The lowest BCUT2D eigenvalue weighted by Crippen LogP contribution is -2.19. The molecule has 0 heterocycles. The zero-order chi connectivity index (χ0) is 14.5. The molecule has 2 rings (SSSR count).